The molecule has 212 valence electrons. The van der Waals surface area contributed by atoms with Crippen molar-refractivity contribution in [1.29, 1.82) is 0 Å². The van der Waals surface area contributed by atoms with E-state index in [1.807, 2.05) is 0 Å². The number of non-ortho nitro benzene ring substituents is 4. The zero-order chi connectivity index (χ0) is 30.3. The lowest BCUT2D eigenvalue weighted by Crippen LogP contribution is -1.94. The fourth-order valence-electron chi connectivity index (χ4n) is 3.72. The van der Waals surface area contributed by atoms with Crippen LogP contribution in [0.3, 0.4) is 0 Å². The number of nitrogens with zero attached hydrogens (tertiary/aromatic N) is 4. The molecule has 18 heteroatoms. The van der Waals surface area contributed by atoms with E-state index < -0.39 is 64.8 Å². The summed E-state index contributed by atoms with van der Waals surface area (Å²) < 4.78 is 23.1. The van der Waals surface area contributed by atoms with Gasteiger partial charge in [0.2, 0.25) is 22.3 Å². The number of nitro groups is 4. The van der Waals surface area contributed by atoms with Crippen molar-refractivity contribution in [3.8, 4) is 0 Å². The molecule has 8 aromatic rings. The Hall–Kier alpha value is -5.36. The molecule has 0 saturated carbocycles. The second kappa shape index (κ2) is 10.9. The van der Waals surface area contributed by atoms with Crippen molar-refractivity contribution < 1.29 is 37.4 Å². The second-order valence-electron chi connectivity index (χ2n) is 8.20. The van der Waals surface area contributed by atoms with E-state index in [9.17, 15) is 40.5 Å². The first-order chi connectivity index (χ1) is 19.9. The van der Waals surface area contributed by atoms with Crippen LogP contribution in [-0.2, 0) is 0 Å². The molecule has 4 aromatic heterocycles. The highest BCUT2D eigenvalue weighted by Gasteiger charge is 2.24. The maximum absolute atomic E-state index is 11.8. The summed E-state index contributed by atoms with van der Waals surface area (Å²) in [5, 5.41) is 47.0. The Kier molecular flexibility index (Phi) is 7.31. The van der Waals surface area contributed by atoms with Gasteiger partial charge in [-0.1, -0.05) is 0 Å². The summed E-state index contributed by atoms with van der Waals surface area (Å²) >= 11 is 6.47. The highest BCUT2D eigenvalue weighted by Crippen LogP contribution is 2.35. The summed E-state index contributed by atoms with van der Waals surface area (Å²) in [7, 11) is 0. The Balaban J connectivity index is 2.04. The fourth-order valence-corrected chi connectivity index (χ4v) is 4.60. The van der Waals surface area contributed by atoms with E-state index in [4.69, 9.17) is 17.7 Å². The van der Waals surface area contributed by atoms with Crippen molar-refractivity contribution in [3.63, 3.8) is 0 Å². The van der Waals surface area contributed by atoms with Gasteiger partial charge in [-0.25, -0.2) is 0 Å². The van der Waals surface area contributed by atoms with Crippen molar-refractivity contribution in [2.45, 2.75) is 0 Å². The van der Waals surface area contributed by atoms with E-state index in [0.717, 1.165) is 12.1 Å². The predicted molar refractivity (Wildman–Crippen MR) is 152 cm³/mol. The van der Waals surface area contributed by atoms with Crippen LogP contribution in [0.15, 0.2) is 87.3 Å². The lowest BCUT2D eigenvalue weighted by Gasteiger charge is -2.01. The Morgan fingerprint density at radius 1 is 0.429 bits per heavy atom. The Morgan fingerprint density at radius 3 is 1.02 bits per heavy atom. The third kappa shape index (κ3) is 5.47. The molecule has 0 unspecified atom stereocenters. The van der Waals surface area contributed by atoms with Crippen LogP contribution in [0.4, 0.5) is 22.7 Å². The lowest BCUT2D eigenvalue weighted by molar-refractivity contribution is -0.393. The van der Waals surface area contributed by atoms with Crippen LogP contribution in [0.1, 0.15) is 0 Å². The smallest absolute Gasteiger partial charge is 0.318 e. The molecule has 0 saturated heterocycles. The number of rotatable bonds is 4. The first kappa shape index (κ1) is 28.2. The molecule has 0 fully saturated rings. The fraction of sp³-hybridized carbons (Fsp3) is 0. The van der Waals surface area contributed by atoms with E-state index in [0.29, 0.717) is 12.1 Å². The maximum atomic E-state index is 11.8. The molecule has 0 aliphatic rings. The van der Waals surface area contributed by atoms with E-state index in [1.54, 1.807) is 0 Å². The topological polar surface area (TPSA) is 225 Å². The minimum atomic E-state index is -0.864. The first-order valence-corrected chi connectivity index (χ1v) is 12.7. The van der Waals surface area contributed by atoms with Gasteiger partial charge in [0.25, 0.3) is 0 Å². The number of halogens is 2. The van der Waals surface area contributed by atoms with Gasteiger partial charge in [-0.3, -0.25) is 40.5 Å². The normalized spacial score (nSPS) is 10.9. The molecule has 0 spiro atoms. The summed E-state index contributed by atoms with van der Waals surface area (Å²) in [5.74, 6) is 0. The highest BCUT2D eigenvalue weighted by molar-refractivity contribution is 9.11. The minimum absolute atomic E-state index is 0.000637. The zero-order valence-corrected chi connectivity index (χ0v) is 23.4. The molecule has 0 atom stereocenters. The van der Waals surface area contributed by atoms with Crippen molar-refractivity contribution in [2.24, 2.45) is 0 Å². The summed E-state index contributed by atoms with van der Waals surface area (Å²) in [6.07, 6.45) is 0. The monoisotopic (exact) mass is 704 g/mol. The molecular weight excluding hydrogens is 696 g/mol. The Bertz CT molecular complexity index is 2010. The van der Waals surface area contributed by atoms with Gasteiger partial charge >= 0.3 is 22.7 Å². The lowest BCUT2D eigenvalue weighted by atomic mass is 10.2. The predicted octanol–water partition coefficient (Wildman–Crippen LogP) is 8.64. The van der Waals surface area contributed by atoms with Crippen LogP contribution in [0, 0.1) is 40.5 Å². The molecule has 16 nitrogen and oxygen atoms in total. The molecule has 0 amide bonds. The first-order valence-electron chi connectivity index (χ1n) is 11.2. The molecule has 0 aliphatic heterocycles. The van der Waals surface area contributed by atoms with Gasteiger partial charge in [0, 0.05) is 12.1 Å². The molecule has 0 N–H and O–H groups in total. The molecule has 4 aromatic carbocycles. The number of hydrogen-bond donors (Lipinski definition) is 0. The van der Waals surface area contributed by atoms with Crippen LogP contribution in [0.5, 0.6) is 0 Å². The van der Waals surface area contributed by atoms with Crippen LogP contribution in [0.2, 0.25) is 0 Å². The zero-order valence-electron chi connectivity index (χ0n) is 20.2. The minimum Gasteiger partial charge on any atom is -0.450 e. The molecule has 4 heterocycles. The van der Waals surface area contributed by atoms with Crippen molar-refractivity contribution >= 4 is 99.3 Å². The molecule has 0 radical (unpaired) electrons. The van der Waals surface area contributed by atoms with Crippen LogP contribution in [-0.4, -0.2) is 19.7 Å². The van der Waals surface area contributed by atoms with Gasteiger partial charge in [-0.15, -0.1) is 0 Å². The van der Waals surface area contributed by atoms with Gasteiger partial charge in [-0.05, 0) is 68.3 Å². The molecular formula is C24H10Br2N4O12. The van der Waals surface area contributed by atoms with Gasteiger partial charge in [0.05, 0.1) is 28.6 Å². The Morgan fingerprint density at radius 2 is 0.738 bits per heavy atom. The van der Waals surface area contributed by atoms with Crippen LogP contribution < -0.4 is 0 Å². The van der Waals surface area contributed by atoms with E-state index in [2.05, 4.69) is 31.9 Å². The largest absolute Gasteiger partial charge is 0.450 e. The third-order valence-corrected chi connectivity index (χ3v) is 6.81. The summed E-state index contributed by atoms with van der Waals surface area (Å²) in [5.41, 5.74) is -4.48. The summed E-state index contributed by atoms with van der Waals surface area (Å²) in [6, 6.07) is 11.2. The average molecular weight is 706 g/mol. The highest BCUT2D eigenvalue weighted by atomic mass is 79.9. The average Bonchev–Trinajstić information content (AvgIpc) is 2.90. The molecule has 8 bridgehead atoms. The van der Waals surface area contributed by atoms with Crippen molar-refractivity contribution in [2.75, 3.05) is 0 Å². The standard InChI is InChI=1S/C24H10Br2N4O12/c25-13-5-11-1-3-19(13)41-23-10-22(16(28(33)34)8-17(23)29(35)36)40-12-2-4-20(14(26)6-12)42-24-9-21(39-11)15(27(31)32)7-18(24)30(37)38/h1-10H. The van der Waals surface area contributed by atoms with E-state index in [1.165, 1.54) is 36.4 Å². The second-order valence-corrected chi connectivity index (χ2v) is 9.91. The number of benzene rings is 4. The van der Waals surface area contributed by atoms with E-state index >= 15 is 0 Å². The number of hydrogen-bond acceptors (Lipinski definition) is 12. The van der Waals surface area contributed by atoms with Crippen LogP contribution in [0.25, 0.3) is 44.7 Å². The third-order valence-electron chi connectivity index (χ3n) is 5.57. The Labute approximate surface area is 246 Å². The van der Waals surface area contributed by atoms with Gasteiger partial charge in [0.15, 0.2) is 0 Å². The quantitative estimate of drug-likeness (QED) is 0.126. The SMILES string of the molecule is O=[N+]([O-])c1cc([N+](=O)[O-])c2cc1oc1ccc(oc3cc(oc4ccc(o2)c(Br)c4)c([N+](=O)[O-])cc3[N+](=O)[O-])c(Br)c1. The van der Waals surface area contributed by atoms with Crippen molar-refractivity contribution in [1.82, 2.24) is 0 Å². The van der Waals surface area contributed by atoms with Gasteiger partial charge in [0.1, 0.15) is 34.5 Å². The number of nitro benzene ring substituents is 4. The van der Waals surface area contributed by atoms with Gasteiger partial charge in [-0.2, -0.15) is 0 Å². The van der Waals surface area contributed by atoms with E-state index in [-0.39, 0.29) is 31.3 Å². The van der Waals surface area contributed by atoms with Crippen LogP contribution >= 0.6 is 31.9 Å². The summed E-state index contributed by atoms with van der Waals surface area (Å²) in [4.78, 5) is 43.5. The molecule has 42 heavy (non-hydrogen) atoms. The maximum Gasteiger partial charge on any atom is 0.318 e. The van der Waals surface area contributed by atoms with Crippen molar-refractivity contribution in [3.05, 3.63) is 110 Å². The molecule has 8 rings (SSSR count). The van der Waals surface area contributed by atoms with Gasteiger partial charge < -0.3 is 17.7 Å². The molecule has 0 aliphatic carbocycles. The summed E-state index contributed by atoms with van der Waals surface area (Å²) in [6.45, 7) is 0.